The molecular formula is C21H21N3O2. The van der Waals surface area contributed by atoms with Crippen LogP contribution in [0.4, 0.5) is 17.1 Å². The Balaban J connectivity index is 1.71. The number of methoxy groups -OCH3 is 1. The summed E-state index contributed by atoms with van der Waals surface area (Å²) in [5.74, 6) is 0.331. The first kappa shape index (κ1) is 17.5. The maximum atomic E-state index is 12.5. The predicted molar refractivity (Wildman–Crippen MR) is 104 cm³/mol. The number of nitrogens with zero attached hydrogens (tertiary/aromatic N) is 1. The third kappa shape index (κ3) is 4.19. The highest BCUT2D eigenvalue weighted by Gasteiger charge is 2.11. The number of anilines is 3. The molecule has 132 valence electrons. The minimum absolute atomic E-state index is 0.282. The summed E-state index contributed by atoms with van der Waals surface area (Å²) >= 11 is 0. The van der Waals surface area contributed by atoms with Crippen LogP contribution in [0.25, 0.3) is 0 Å². The number of pyridine rings is 1. The fourth-order valence-corrected chi connectivity index (χ4v) is 2.51. The fourth-order valence-electron chi connectivity index (χ4n) is 2.51. The molecule has 5 nitrogen and oxygen atoms in total. The van der Waals surface area contributed by atoms with Gasteiger partial charge < -0.3 is 15.4 Å². The van der Waals surface area contributed by atoms with Gasteiger partial charge in [0.25, 0.3) is 5.91 Å². The second-order valence-electron chi connectivity index (χ2n) is 6.08. The molecule has 0 radical (unpaired) electrons. The zero-order valence-corrected chi connectivity index (χ0v) is 15.0. The van der Waals surface area contributed by atoms with Crippen molar-refractivity contribution in [1.29, 1.82) is 0 Å². The number of aryl methyl sites for hydroxylation is 2. The smallest absolute Gasteiger partial charge is 0.274 e. The van der Waals surface area contributed by atoms with Crippen molar-refractivity contribution in [2.75, 3.05) is 17.7 Å². The van der Waals surface area contributed by atoms with Crippen LogP contribution in [0.2, 0.25) is 0 Å². The summed E-state index contributed by atoms with van der Waals surface area (Å²) in [4.78, 5) is 16.7. The van der Waals surface area contributed by atoms with E-state index in [-0.39, 0.29) is 5.91 Å². The Morgan fingerprint density at radius 1 is 0.923 bits per heavy atom. The number of nitrogens with one attached hydrogen (secondary N) is 2. The van der Waals surface area contributed by atoms with Crippen LogP contribution in [0.15, 0.2) is 60.8 Å². The van der Waals surface area contributed by atoms with Gasteiger partial charge in [0.2, 0.25) is 0 Å². The Morgan fingerprint density at radius 3 is 2.27 bits per heavy atom. The van der Waals surface area contributed by atoms with Crippen molar-refractivity contribution in [3.8, 4) is 5.75 Å². The molecule has 0 saturated carbocycles. The first-order valence-electron chi connectivity index (χ1n) is 8.31. The molecule has 1 aromatic heterocycles. The molecule has 3 aromatic rings. The molecule has 0 bridgehead atoms. The molecule has 5 heteroatoms. The van der Waals surface area contributed by atoms with Crippen LogP contribution in [0.3, 0.4) is 0 Å². The topological polar surface area (TPSA) is 63.2 Å². The van der Waals surface area contributed by atoms with Gasteiger partial charge >= 0.3 is 0 Å². The molecule has 0 aliphatic heterocycles. The van der Waals surface area contributed by atoms with Gasteiger partial charge in [0, 0.05) is 5.69 Å². The molecule has 2 N–H and O–H groups in total. The first-order chi connectivity index (χ1) is 12.5. The van der Waals surface area contributed by atoms with Gasteiger partial charge in [-0.25, -0.2) is 4.98 Å². The second-order valence-corrected chi connectivity index (χ2v) is 6.08. The van der Waals surface area contributed by atoms with Crippen LogP contribution in [0.5, 0.6) is 5.75 Å². The van der Waals surface area contributed by atoms with E-state index >= 15 is 0 Å². The number of carbonyl (C=O) groups is 1. The van der Waals surface area contributed by atoms with Gasteiger partial charge in [0.05, 0.1) is 24.7 Å². The lowest BCUT2D eigenvalue weighted by Gasteiger charge is -2.11. The second kappa shape index (κ2) is 7.70. The summed E-state index contributed by atoms with van der Waals surface area (Å²) in [5, 5.41) is 6.11. The number of ether oxygens (including phenoxy) is 1. The third-order valence-electron chi connectivity index (χ3n) is 3.94. The Morgan fingerprint density at radius 2 is 1.62 bits per heavy atom. The minimum Gasteiger partial charge on any atom is -0.495 e. The average molecular weight is 347 g/mol. The molecule has 0 saturated heterocycles. The van der Waals surface area contributed by atoms with E-state index in [4.69, 9.17) is 4.74 Å². The molecular weight excluding hydrogens is 326 g/mol. The van der Waals surface area contributed by atoms with Crippen molar-refractivity contribution in [3.05, 3.63) is 77.6 Å². The Bertz CT molecular complexity index is 904. The average Bonchev–Trinajstić information content (AvgIpc) is 2.64. The molecule has 0 aliphatic rings. The van der Waals surface area contributed by atoms with Gasteiger partial charge in [0.15, 0.2) is 0 Å². The van der Waals surface area contributed by atoms with Gasteiger partial charge in [-0.1, -0.05) is 23.8 Å². The largest absolute Gasteiger partial charge is 0.495 e. The lowest BCUT2D eigenvalue weighted by atomic mass is 10.2. The van der Waals surface area contributed by atoms with Crippen LogP contribution in [0, 0.1) is 13.8 Å². The minimum atomic E-state index is -0.282. The number of amides is 1. The number of carbonyl (C=O) groups excluding carboxylic acids is 1. The number of aromatic nitrogens is 1. The van der Waals surface area contributed by atoms with E-state index in [1.54, 1.807) is 19.4 Å². The molecule has 1 heterocycles. The summed E-state index contributed by atoms with van der Waals surface area (Å²) in [5.41, 5.74) is 4.99. The molecule has 0 unspecified atom stereocenters. The molecule has 0 atom stereocenters. The van der Waals surface area contributed by atoms with Crippen molar-refractivity contribution in [3.63, 3.8) is 0 Å². The highest BCUT2D eigenvalue weighted by molar-refractivity contribution is 6.03. The van der Waals surface area contributed by atoms with Gasteiger partial charge in [-0.3, -0.25) is 4.79 Å². The zero-order valence-electron chi connectivity index (χ0n) is 15.0. The molecule has 1 amide bonds. The van der Waals surface area contributed by atoms with E-state index in [2.05, 4.69) is 15.6 Å². The van der Waals surface area contributed by atoms with Crippen LogP contribution >= 0.6 is 0 Å². The van der Waals surface area contributed by atoms with Crippen molar-refractivity contribution in [2.45, 2.75) is 13.8 Å². The summed E-state index contributed by atoms with van der Waals surface area (Å²) in [7, 11) is 1.57. The maximum absolute atomic E-state index is 12.5. The van der Waals surface area contributed by atoms with Crippen molar-refractivity contribution in [1.82, 2.24) is 4.98 Å². The number of rotatable bonds is 5. The lowest BCUT2D eigenvalue weighted by molar-refractivity contribution is 0.102. The third-order valence-corrected chi connectivity index (χ3v) is 3.94. The SMILES string of the molecule is COc1ccc(C)cc1NC(=O)c1ccc(Nc2ccc(C)cc2)cn1. The summed E-state index contributed by atoms with van der Waals surface area (Å²) in [6, 6.07) is 17.2. The van der Waals surface area contributed by atoms with E-state index < -0.39 is 0 Å². The highest BCUT2D eigenvalue weighted by atomic mass is 16.5. The maximum Gasteiger partial charge on any atom is 0.274 e. The number of benzene rings is 2. The van der Waals surface area contributed by atoms with Crippen LogP contribution < -0.4 is 15.4 Å². The molecule has 2 aromatic carbocycles. The Hall–Kier alpha value is -3.34. The van der Waals surface area contributed by atoms with E-state index in [9.17, 15) is 4.79 Å². The fraction of sp³-hybridized carbons (Fsp3) is 0.143. The lowest BCUT2D eigenvalue weighted by Crippen LogP contribution is -2.14. The standard InChI is InChI=1S/C21H21N3O2/c1-14-4-7-16(8-5-14)23-17-9-10-18(22-13-17)21(25)24-19-12-15(2)6-11-20(19)26-3/h4-13,23H,1-3H3,(H,24,25). The monoisotopic (exact) mass is 347 g/mol. The Labute approximate surface area is 153 Å². The summed E-state index contributed by atoms with van der Waals surface area (Å²) in [6.07, 6.45) is 1.64. The number of hydrogen-bond donors (Lipinski definition) is 2. The first-order valence-corrected chi connectivity index (χ1v) is 8.31. The van der Waals surface area contributed by atoms with Crippen LogP contribution in [-0.4, -0.2) is 18.0 Å². The van der Waals surface area contributed by atoms with E-state index in [1.165, 1.54) is 5.56 Å². The number of hydrogen-bond acceptors (Lipinski definition) is 4. The summed E-state index contributed by atoms with van der Waals surface area (Å²) in [6.45, 7) is 4.00. The van der Waals surface area contributed by atoms with Gasteiger partial charge in [0.1, 0.15) is 11.4 Å². The van der Waals surface area contributed by atoms with Gasteiger partial charge in [-0.15, -0.1) is 0 Å². The normalized spacial score (nSPS) is 10.3. The highest BCUT2D eigenvalue weighted by Crippen LogP contribution is 2.25. The Kier molecular flexibility index (Phi) is 5.17. The molecule has 0 aliphatic carbocycles. The predicted octanol–water partition coefficient (Wildman–Crippen LogP) is 4.70. The van der Waals surface area contributed by atoms with Gasteiger partial charge in [-0.05, 0) is 55.8 Å². The van der Waals surface area contributed by atoms with Crippen molar-refractivity contribution in [2.24, 2.45) is 0 Å². The molecule has 3 rings (SSSR count). The zero-order chi connectivity index (χ0) is 18.5. The van der Waals surface area contributed by atoms with Crippen LogP contribution in [-0.2, 0) is 0 Å². The van der Waals surface area contributed by atoms with Crippen molar-refractivity contribution >= 4 is 23.0 Å². The van der Waals surface area contributed by atoms with E-state index in [0.717, 1.165) is 16.9 Å². The molecule has 26 heavy (non-hydrogen) atoms. The van der Waals surface area contributed by atoms with E-state index in [0.29, 0.717) is 17.1 Å². The quantitative estimate of drug-likeness (QED) is 0.702. The van der Waals surface area contributed by atoms with Crippen LogP contribution in [0.1, 0.15) is 21.6 Å². The summed E-state index contributed by atoms with van der Waals surface area (Å²) < 4.78 is 5.29. The van der Waals surface area contributed by atoms with Gasteiger partial charge in [-0.2, -0.15) is 0 Å². The van der Waals surface area contributed by atoms with E-state index in [1.807, 2.05) is 62.4 Å². The molecule has 0 spiro atoms. The molecule has 0 fully saturated rings. The van der Waals surface area contributed by atoms with Crippen molar-refractivity contribution < 1.29 is 9.53 Å².